The average Bonchev–Trinajstić information content (AvgIpc) is 3.33. The van der Waals surface area contributed by atoms with Crippen LogP contribution in [-0.4, -0.2) is 31.0 Å². The summed E-state index contributed by atoms with van der Waals surface area (Å²) < 4.78 is 43.0. The number of aromatic nitrogens is 2. The molecule has 0 spiro atoms. The number of non-ortho nitro benzene ring substituents is 1. The van der Waals surface area contributed by atoms with E-state index in [1.165, 1.54) is 24.3 Å². The summed E-state index contributed by atoms with van der Waals surface area (Å²) in [7, 11) is 0. The number of rotatable bonds is 9. The van der Waals surface area contributed by atoms with Gasteiger partial charge in [0.05, 0.1) is 16.8 Å². The number of thiocarbonyl (C=S) groups is 1. The molecule has 1 N–H and O–H groups in total. The molecule has 4 aromatic rings. The minimum Gasteiger partial charge on any atom is -0.344 e. The van der Waals surface area contributed by atoms with Crippen molar-refractivity contribution in [3.8, 4) is 0 Å². The second-order valence-electron chi connectivity index (χ2n) is 8.70. The lowest BCUT2D eigenvalue weighted by molar-refractivity contribution is -0.384. The highest BCUT2D eigenvalue weighted by molar-refractivity contribution is 7.80. The highest BCUT2D eigenvalue weighted by Crippen LogP contribution is 2.32. The van der Waals surface area contributed by atoms with E-state index in [-0.39, 0.29) is 22.9 Å². The number of nitrogens with zero attached hydrogens (tertiary/aromatic N) is 4. The normalized spacial score (nSPS) is 11.3. The van der Waals surface area contributed by atoms with Gasteiger partial charge < -0.3 is 14.8 Å². The Bertz CT molecular complexity index is 1460. The molecule has 39 heavy (non-hydrogen) atoms. The Morgan fingerprint density at radius 2 is 1.85 bits per heavy atom. The summed E-state index contributed by atoms with van der Waals surface area (Å²) in [4.78, 5) is 16.4. The molecule has 1 aromatic heterocycles. The van der Waals surface area contributed by atoms with Crippen LogP contribution in [0.1, 0.15) is 22.4 Å². The first-order valence-electron chi connectivity index (χ1n) is 11.8. The van der Waals surface area contributed by atoms with Crippen LogP contribution >= 0.6 is 23.8 Å². The number of imidazole rings is 1. The Kier molecular flexibility index (Phi) is 8.82. The van der Waals surface area contributed by atoms with Crippen LogP contribution in [0.25, 0.3) is 0 Å². The molecule has 0 saturated heterocycles. The Balaban J connectivity index is 1.54. The first-order chi connectivity index (χ1) is 18.6. The molecule has 0 saturated carbocycles. The van der Waals surface area contributed by atoms with E-state index in [9.17, 15) is 23.3 Å². The third-order valence-corrected chi connectivity index (χ3v) is 6.58. The Labute approximate surface area is 233 Å². The first-order valence-corrected chi connectivity index (χ1v) is 12.6. The Hall–Kier alpha value is -3.96. The van der Waals surface area contributed by atoms with Gasteiger partial charge in [0.25, 0.3) is 5.69 Å². The third-order valence-electron chi connectivity index (χ3n) is 5.98. The summed E-state index contributed by atoms with van der Waals surface area (Å²) in [5.74, 6) is 0. The van der Waals surface area contributed by atoms with E-state index in [0.717, 1.165) is 17.3 Å². The van der Waals surface area contributed by atoms with E-state index in [4.69, 9.17) is 23.8 Å². The molecule has 202 valence electrons. The number of anilines is 1. The molecule has 0 radical (unpaired) electrons. The second kappa shape index (κ2) is 12.3. The van der Waals surface area contributed by atoms with Crippen molar-refractivity contribution < 1.29 is 18.1 Å². The van der Waals surface area contributed by atoms with Crippen LogP contribution in [0, 0.1) is 10.1 Å². The fourth-order valence-corrected chi connectivity index (χ4v) is 4.49. The Morgan fingerprint density at radius 3 is 2.54 bits per heavy atom. The summed E-state index contributed by atoms with van der Waals surface area (Å²) in [6.45, 7) is 0.651. The number of benzene rings is 3. The quantitative estimate of drug-likeness (QED) is 0.133. The molecule has 0 bridgehead atoms. The molecule has 1 heterocycles. The highest BCUT2D eigenvalue weighted by Gasteiger charge is 2.33. The second-order valence-corrected chi connectivity index (χ2v) is 9.53. The van der Waals surface area contributed by atoms with E-state index in [1.807, 2.05) is 4.57 Å². The standard InChI is InChI=1S/C27H23ClF3N5O2S/c28-21-5-3-6-22(14-21)33-26(39)34(17-20-4-1-2-7-25(20)27(29,30)31)13-12-24-15-32-18-35(24)16-19-8-10-23(11-9-19)36(37)38/h1-11,14-15,18H,12-13,16-17H2,(H,33,39). The van der Waals surface area contributed by atoms with Crippen LogP contribution in [0.3, 0.4) is 0 Å². The molecule has 0 aliphatic carbocycles. The number of halogens is 4. The van der Waals surface area contributed by atoms with Gasteiger partial charge in [-0.2, -0.15) is 13.2 Å². The maximum Gasteiger partial charge on any atom is 0.416 e. The van der Waals surface area contributed by atoms with Crippen molar-refractivity contribution in [3.63, 3.8) is 0 Å². The zero-order chi connectivity index (χ0) is 28.0. The maximum atomic E-state index is 13.7. The lowest BCUT2D eigenvalue weighted by Crippen LogP contribution is -2.36. The number of nitrogens with one attached hydrogen (secondary N) is 1. The van der Waals surface area contributed by atoms with Gasteiger partial charge in [0, 0.05) is 60.8 Å². The van der Waals surface area contributed by atoms with Crippen LogP contribution in [0.15, 0.2) is 85.3 Å². The van der Waals surface area contributed by atoms with Crippen LogP contribution in [-0.2, 0) is 25.7 Å². The van der Waals surface area contributed by atoms with E-state index < -0.39 is 16.7 Å². The summed E-state index contributed by atoms with van der Waals surface area (Å²) in [5, 5.41) is 14.7. The molecule has 0 aliphatic rings. The predicted octanol–water partition coefficient (Wildman–Crippen LogP) is 6.95. The van der Waals surface area contributed by atoms with Gasteiger partial charge in [-0.3, -0.25) is 10.1 Å². The Morgan fingerprint density at radius 1 is 1.10 bits per heavy atom. The van der Waals surface area contributed by atoms with Gasteiger partial charge in [-0.1, -0.05) is 48.0 Å². The number of hydrogen-bond acceptors (Lipinski definition) is 4. The van der Waals surface area contributed by atoms with E-state index in [1.54, 1.807) is 59.9 Å². The molecule has 0 fully saturated rings. The lowest BCUT2D eigenvalue weighted by atomic mass is 10.1. The van der Waals surface area contributed by atoms with Gasteiger partial charge in [-0.05, 0) is 47.6 Å². The van der Waals surface area contributed by atoms with E-state index in [2.05, 4.69) is 10.3 Å². The average molecular weight is 574 g/mol. The van der Waals surface area contributed by atoms with Crippen molar-refractivity contribution in [2.45, 2.75) is 25.7 Å². The summed E-state index contributed by atoms with van der Waals surface area (Å²) >= 11 is 11.7. The summed E-state index contributed by atoms with van der Waals surface area (Å²) in [5.41, 5.74) is 1.66. The molecule has 0 amide bonds. The fraction of sp³-hybridized carbons (Fsp3) is 0.185. The molecule has 0 atom stereocenters. The molecule has 12 heteroatoms. The summed E-state index contributed by atoms with van der Waals surface area (Å²) in [6.07, 6.45) is -0.755. The van der Waals surface area contributed by atoms with Crippen LogP contribution in [0.5, 0.6) is 0 Å². The molecule has 0 unspecified atom stereocenters. The van der Waals surface area contributed by atoms with Gasteiger partial charge in [-0.25, -0.2) is 4.98 Å². The van der Waals surface area contributed by atoms with Gasteiger partial charge in [0.1, 0.15) is 0 Å². The SMILES string of the molecule is O=[N+]([O-])c1ccc(Cn2cncc2CCN(Cc2ccccc2C(F)(F)F)C(=S)Nc2cccc(Cl)c2)cc1. The van der Waals surface area contributed by atoms with Crippen molar-refractivity contribution in [1.29, 1.82) is 0 Å². The van der Waals surface area contributed by atoms with Crippen molar-refractivity contribution in [2.24, 2.45) is 0 Å². The van der Waals surface area contributed by atoms with Crippen molar-refractivity contribution in [2.75, 3.05) is 11.9 Å². The fourth-order valence-electron chi connectivity index (χ4n) is 4.03. The van der Waals surface area contributed by atoms with Crippen molar-refractivity contribution in [1.82, 2.24) is 14.5 Å². The van der Waals surface area contributed by atoms with Crippen molar-refractivity contribution >= 4 is 40.3 Å². The molecular weight excluding hydrogens is 551 g/mol. The zero-order valence-corrected chi connectivity index (χ0v) is 22.0. The number of nitro benzene ring substituents is 1. The predicted molar refractivity (Wildman–Crippen MR) is 148 cm³/mol. The molecule has 7 nitrogen and oxygen atoms in total. The van der Waals surface area contributed by atoms with Gasteiger partial charge >= 0.3 is 6.18 Å². The third kappa shape index (κ3) is 7.55. The molecular formula is C27H23ClF3N5O2S. The van der Waals surface area contributed by atoms with E-state index in [0.29, 0.717) is 30.2 Å². The largest absolute Gasteiger partial charge is 0.416 e. The van der Waals surface area contributed by atoms with Gasteiger partial charge in [0.2, 0.25) is 0 Å². The highest BCUT2D eigenvalue weighted by atomic mass is 35.5. The van der Waals surface area contributed by atoms with E-state index >= 15 is 0 Å². The summed E-state index contributed by atoms with van der Waals surface area (Å²) in [6, 6.07) is 18.5. The molecule has 4 rings (SSSR count). The topological polar surface area (TPSA) is 76.2 Å². The lowest BCUT2D eigenvalue weighted by Gasteiger charge is -2.27. The van der Waals surface area contributed by atoms with Crippen LogP contribution in [0.2, 0.25) is 5.02 Å². The maximum absolute atomic E-state index is 13.7. The van der Waals surface area contributed by atoms with Crippen LogP contribution < -0.4 is 5.32 Å². The number of alkyl halides is 3. The molecule has 0 aliphatic heterocycles. The minimum atomic E-state index is -4.51. The number of hydrogen-bond donors (Lipinski definition) is 1. The smallest absolute Gasteiger partial charge is 0.344 e. The monoisotopic (exact) mass is 573 g/mol. The van der Waals surface area contributed by atoms with Crippen LogP contribution in [0.4, 0.5) is 24.5 Å². The van der Waals surface area contributed by atoms with Gasteiger partial charge in [-0.15, -0.1) is 0 Å². The first kappa shape index (κ1) is 28.1. The minimum absolute atomic E-state index is 0.0000930. The molecule has 3 aromatic carbocycles. The van der Waals surface area contributed by atoms with Gasteiger partial charge in [0.15, 0.2) is 5.11 Å². The van der Waals surface area contributed by atoms with Crippen molar-refractivity contribution in [3.05, 3.63) is 123 Å². The number of nitro groups is 1. The zero-order valence-electron chi connectivity index (χ0n) is 20.4.